The number of carbonyl (C=O) groups is 2. The molecule has 3 rings (SSSR count). The summed E-state index contributed by atoms with van der Waals surface area (Å²) in [6.45, 7) is 1.94. The Hall–Kier alpha value is -3.05. The number of carbonyl (C=O) groups excluding carboxylic acids is 2. The number of furan rings is 1. The predicted molar refractivity (Wildman–Crippen MR) is 107 cm³/mol. The summed E-state index contributed by atoms with van der Waals surface area (Å²) in [6, 6.07) is 17.5. The van der Waals surface area contributed by atoms with Gasteiger partial charge in [0.1, 0.15) is 5.76 Å². The predicted octanol–water partition coefficient (Wildman–Crippen LogP) is 5.59. The van der Waals surface area contributed by atoms with Gasteiger partial charge in [0.2, 0.25) is 5.91 Å². The highest BCUT2D eigenvalue weighted by Gasteiger charge is 2.13. The fraction of sp³-hybridized carbons (Fsp3) is 0.143. The second kappa shape index (κ2) is 8.56. The quantitative estimate of drug-likeness (QED) is 0.583. The summed E-state index contributed by atoms with van der Waals surface area (Å²) in [7, 11) is 0. The number of rotatable bonds is 6. The minimum Gasteiger partial charge on any atom is -0.451 e. The van der Waals surface area contributed by atoms with Crippen LogP contribution in [-0.2, 0) is 4.79 Å². The van der Waals surface area contributed by atoms with Crippen molar-refractivity contribution in [2.24, 2.45) is 0 Å². The molecule has 0 spiro atoms. The van der Waals surface area contributed by atoms with Crippen molar-refractivity contribution in [3.8, 4) is 11.3 Å². The molecule has 3 aromatic rings. The van der Waals surface area contributed by atoms with Gasteiger partial charge in [-0.25, -0.2) is 0 Å². The largest absolute Gasteiger partial charge is 0.451 e. The summed E-state index contributed by atoms with van der Waals surface area (Å²) >= 11 is 5.99. The van der Waals surface area contributed by atoms with Crippen LogP contribution in [0.25, 0.3) is 11.3 Å². The first-order valence-corrected chi connectivity index (χ1v) is 9.00. The lowest BCUT2D eigenvalue weighted by atomic mass is 10.2. The van der Waals surface area contributed by atoms with Gasteiger partial charge in [-0.05, 0) is 48.9 Å². The number of hydrogen-bond acceptors (Lipinski definition) is 3. The Morgan fingerprint density at radius 3 is 2.44 bits per heavy atom. The van der Waals surface area contributed by atoms with Crippen molar-refractivity contribution in [1.82, 2.24) is 0 Å². The maximum atomic E-state index is 12.4. The molecule has 0 atom stereocenters. The van der Waals surface area contributed by atoms with E-state index in [-0.39, 0.29) is 17.6 Å². The minimum atomic E-state index is -0.375. The summed E-state index contributed by atoms with van der Waals surface area (Å²) in [4.78, 5) is 24.1. The fourth-order valence-electron chi connectivity index (χ4n) is 2.57. The third-order valence-corrected chi connectivity index (χ3v) is 4.06. The summed E-state index contributed by atoms with van der Waals surface area (Å²) < 4.78 is 5.65. The van der Waals surface area contributed by atoms with Gasteiger partial charge in [0.15, 0.2) is 5.76 Å². The number of benzene rings is 2. The molecule has 6 heteroatoms. The van der Waals surface area contributed by atoms with E-state index in [0.717, 1.165) is 12.0 Å². The Balaban J connectivity index is 1.70. The van der Waals surface area contributed by atoms with E-state index in [1.54, 1.807) is 48.5 Å². The van der Waals surface area contributed by atoms with Gasteiger partial charge in [-0.2, -0.15) is 0 Å². The summed E-state index contributed by atoms with van der Waals surface area (Å²) in [6.07, 6.45) is 1.23. The van der Waals surface area contributed by atoms with Crippen molar-refractivity contribution in [3.05, 3.63) is 71.4 Å². The van der Waals surface area contributed by atoms with Crippen molar-refractivity contribution < 1.29 is 14.0 Å². The molecule has 0 bridgehead atoms. The zero-order chi connectivity index (χ0) is 19.2. The molecule has 0 fully saturated rings. The molecule has 0 saturated heterocycles. The van der Waals surface area contributed by atoms with Crippen LogP contribution in [-0.4, -0.2) is 11.8 Å². The monoisotopic (exact) mass is 382 g/mol. The van der Waals surface area contributed by atoms with Gasteiger partial charge in [-0.1, -0.05) is 36.7 Å². The zero-order valence-electron chi connectivity index (χ0n) is 14.8. The van der Waals surface area contributed by atoms with Crippen LogP contribution in [0.15, 0.2) is 65.1 Å². The number of halogens is 1. The van der Waals surface area contributed by atoms with E-state index in [2.05, 4.69) is 10.6 Å². The van der Waals surface area contributed by atoms with Crippen molar-refractivity contribution in [2.75, 3.05) is 10.6 Å². The van der Waals surface area contributed by atoms with Crippen LogP contribution in [0.3, 0.4) is 0 Å². The number of amides is 2. The normalized spacial score (nSPS) is 10.4. The molecule has 1 heterocycles. The van der Waals surface area contributed by atoms with Crippen LogP contribution >= 0.6 is 11.6 Å². The van der Waals surface area contributed by atoms with Crippen LogP contribution < -0.4 is 10.6 Å². The van der Waals surface area contributed by atoms with Crippen LogP contribution in [0.4, 0.5) is 11.4 Å². The Bertz CT molecular complexity index is 965. The molecule has 138 valence electrons. The molecule has 0 unspecified atom stereocenters. The third kappa shape index (κ3) is 4.99. The summed E-state index contributed by atoms with van der Waals surface area (Å²) in [5.41, 5.74) is 1.99. The van der Waals surface area contributed by atoms with Crippen LogP contribution in [0, 0.1) is 0 Å². The van der Waals surface area contributed by atoms with Crippen molar-refractivity contribution >= 4 is 34.8 Å². The number of hydrogen-bond donors (Lipinski definition) is 2. The molecule has 0 saturated carbocycles. The molecular formula is C21H19ClN2O3. The Morgan fingerprint density at radius 1 is 0.963 bits per heavy atom. The lowest BCUT2D eigenvalue weighted by molar-refractivity contribution is -0.116. The zero-order valence-corrected chi connectivity index (χ0v) is 15.5. The molecule has 5 nitrogen and oxygen atoms in total. The maximum Gasteiger partial charge on any atom is 0.291 e. The maximum absolute atomic E-state index is 12.4. The lowest BCUT2D eigenvalue weighted by Crippen LogP contribution is -2.13. The molecule has 2 N–H and O–H groups in total. The highest BCUT2D eigenvalue weighted by atomic mass is 35.5. The fourth-order valence-corrected chi connectivity index (χ4v) is 2.77. The molecule has 0 aliphatic heterocycles. The van der Waals surface area contributed by atoms with E-state index in [0.29, 0.717) is 28.6 Å². The number of anilines is 2. The molecule has 0 aliphatic carbocycles. The van der Waals surface area contributed by atoms with E-state index >= 15 is 0 Å². The van der Waals surface area contributed by atoms with Gasteiger partial charge < -0.3 is 15.1 Å². The van der Waals surface area contributed by atoms with Crippen LogP contribution in [0.2, 0.25) is 5.02 Å². The Kier molecular flexibility index (Phi) is 5.94. The van der Waals surface area contributed by atoms with Crippen LogP contribution in [0.5, 0.6) is 0 Å². The highest BCUT2D eigenvalue weighted by molar-refractivity contribution is 6.30. The van der Waals surface area contributed by atoms with Crippen molar-refractivity contribution in [2.45, 2.75) is 19.8 Å². The first kappa shape index (κ1) is 18.7. The standard InChI is InChI=1S/C21H19ClN2O3/c1-2-5-20(25)23-16-8-4-9-17(13-16)24-21(26)19-11-10-18(27-19)14-6-3-7-15(22)12-14/h3-4,6-13H,2,5H2,1H3,(H,23,25)(H,24,26). The molecule has 27 heavy (non-hydrogen) atoms. The van der Waals surface area contributed by atoms with E-state index in [1.807, 2.05) is 19.1 Å². The van der Waals surface area contributed by atoms with Crippen LogP contribution in [0.1, 0.15) is 30.3 Å². The van der Waals surface area contributed by atoms with Gasteiger partial charge in [-0.3, -0.25) is 9.59 Å². The average Bonchev–Trinajstić information content (AvgIpc) is 3.12. The molecule has 0 aliphatic rings. The molecular weight excluding hydrogens is 364 g/mol. The van der Waals surface area contributed by atoms with Crippen molar-refractivity contribution in [1.29, 1.82) is 0 Å². The smallest absolute Gasteiger partial charge is 0.291 e. The first-order chi connectivity index (χ1) is 13.0. The Labute approximate surface area is 162 Å². The van der Waals surface area contributed by atoms with Gasteiger partial charge >= 0.3 is 0 Å². The SMILES string of the molecule is CCCC(=O)Nc1cccc(NC(=O)c2ccc(-c3cccc(Cl)c3)o2)c1. The van der Waals surface area contributed by atoms with Gasteiger partial charge in [0.05, 0.1) is 0 Å². The summed E-state index contributed by atoms with van der Waals surface area (Å²) in [5, 5.41) is 6.17. The highest BCUT2D eigenvalue weighted by Crippen LogP contribution is 2.25. The summed E-state index contributed by atoms with van der Waals surface area (Å²) in [5.74, 6) is 0.312. The van der Waals surface area contributed by atoms with E-state index < -0.39 is 0 Å². The van der Waals surface area contributed by atoms with Gasteiger partial charge in [-0.15, -0.1) is 0 Å². The minimum absolute atomic E-state index is 0.0572. The first-order valence-electron chi connectivity index (χ1n) is 8.62. The average molecular weight is 383 g/mol. The molecule has 1 aromatic heterocycles. The molecule has 0 radical (unpaired) electrons. The van der Waals surface area contributed by atoms with Crippen molar-refractivity contribution in [3.63, 3.8) is 0 Å². The van der Waals surface area contributed by atoms with E-state index in [9.17, 15) is 9.59 Å². The van der Waals surface area contributed by atoms with E-state index in [4.69, 9.17) is 16.0 Å². The molecule has 2 amide bonds. The molecule has 2 aromatic carbocycles. The van der Waals surface area contributed by atoms with Gasteiger partial charge in [0, 0.05) is 28.4 Å². The third-order valence-electron chi connectivity index (χ3n) is 3.82. The second-order valence-electron chi connectivity index (χ2n) is 6.01. The number of nitrogens with one attached hydrogen (secondary N) is 2. The van der Waals surface area contributed by atoms with Gasteiger partial charge in [0.25, 0.3) is 5.91 Å². The van der Waals surface area contributed by atoms with E-state index in [1.165, 1.54) is 0 Å². The topological polar surface area (TPSA) is 71.3 Å². The Morgan fingerprint density at radius 2 is 1.70 bits per heavy atom. The lowest BCUT2D eigenvalue weighted by Gasteiger charge is -2.08. The second-order valence-corrected chi connectivity index (χ2v) is 6.44.